The van der Waals surface area contributed by atoms with Gasteiger partial charge in [0.2, 0.25) is 5.91 Å². The second kappa shape index (κ2) is 14.4. The van der Waals surface area contributed by atoms with Gasteiger partial charge in [-0.2, -0.15) is 0 Å². The number of aryl methyl sites for hydroxylation is 1. The molecule has 0 aliphatic carbocycles. The first-order valence-corrected chi connectivity index (χ1v) is 14.4. The fourth-order valence-corrected chi connectivity index (χ4v) is 4.95. The predicted octanol–water partition coefficient (Wildman–Crippen LogP) is 6.88. The molecule has 4 rings (SSSR count). The third-order valence-corrected chi connectivity index (χ3v) is 7.59. The summed E-state index contributed by atoms with van der Waals surface area (Å²) in [5.41, 5.74) is 2.93. The van der Waals surface area contributed by atoms with Crippen molar-refractivity contribution in [2.75, 3.05) is 10.6 Å². The summed E-state index contributed by atoms with van der Waals surface area (Å²) in [4.78, 5) is 51.1. The van der Waals surface area contributed by atoms with Crippen molar-refractivity contribution in [3.8, 4) is 0 Å². The van der Waals surface area contributed by atoms with Crippen LogP contribution in [0.3, 0.4) is 0 Å². The largest absolute Gasteiger partial charge is 0.478 e. The Kier molecular flexibility index (Phi) is 10.4. The maximum atomic E-state index is 13.4. The molecule has 0 saturated carbocycles. The van der Waals surface area contributed by atoms with Gasteiger partial charge in [0.25, 0.3) is 11.8 Å². The molecule has 0 aliphatic heterocycles. The molecule has 0 saturated heterocycles. The summed E-state index contributed by atoms with van der Waals surface area (Å²) >= 11 is 7.39. The van der Waals surface area contributed by atoms with E-state index in [0.717, 1.165) is 11.1 Å². The van der Waals surface area contributed by atoms with Gasteiger partial charge in [0.1, 0.15) is 5.70 Å². The Morgan fingerprint density at radius 2 is 1.56 bits per heavy atom. The molecule has 0 bridgehead atoms. The minimum Gasteiger partial charge on any atom is -0.478 e. The standard InChI is InChI=1S/C33H28ClN3O5S/c1-20-11-13-22(14-12-20)17-29(37-31(39)23-7-4-3-5-8-23)32(40)35-25-9-6-10-26(19-25)43-21(2)30(38)36-28-18-24(33(41)42)15-16-27(28)34/h3-19,21H,1-2H3,(H,35,40)(H,36,38)(H,37,39)(H,41,42)/b29-17-. The third kappa shape index (κ3) is 8.81. The molecule has 4 aromatic rings. The molecule has 218 valence electrons. The molecule has 3 amide bonds. The molecule has 0 fully saturated rings. The number of nitrogens with one attached hydrogen (secondary N) is 3. The molecule has 43 heavy (non-hydrogen) atoms. The van der Waals surface area contributed by atoms with E-state index in [0.29, 0.717) is 16.1 Å². The lowest BCUT2D eigenvalue weighted by Crippen LogP contribution is -2.30. The SMILES string of the molecule is Cc1ccc(/C=C(\NC(=O)c2ccccc2)C(=O)Nc2cccc(SC(C)C(=O)Nc3cc(C(=O)O)ccc3Cl)c2)cc1. The van der Waals surface area contributed by atoms with Crippen molar-refractivity contribution < 1.29 is 24.3 Å². The van der Waals surface area contributed by atoms with E-state index in [4.69, 9.17) is 11.6 Å². The first-order chi connectivity index (χ1) is 20.6. The van der Waals surface area contributed by atoms with Crippen LogP contribution >= 0.6 is 23.4 Å². The number of rotatable bonds is 10. The van der Waals surface area contributed by atoms with Crippen molar-refractivity contribution in [2.24, 2.45) is 0 Å². The van der Waals surface area contributed by atoms with E-state index >= 15 is 0 Å². The highest BCUT2D eigenvalue weighted by molar-refractivity contribution is 8.00. The summed E-state index contributed by atoms with van der Waals surface area (Å²) in [6, 6.07) is 27.1. The zero-order valence-corrected chi connectivity index (χ0v) is 24.8. The molecule has 1 atom stereocenters. The van der Waals surface area contributed by atoms with Crippen LogP contribution in [0.4, 0.5) is 11.4 Å². The number of hydrogen-bond acceptors (Lipinski definition) is 5. The molecular formula is C33H28ClN3O5S. The number of carbonyl (C=O) groups is 4. The Hall–Kier alpha value is -4.86. The van der Waals surface area contributed by atoms with E-state index in [1.807, 2.05) is 31.2 Å². The lowest BCUT2D eigenvalue weighted by atomic mass is 10.1. The van der Waals surface area contributed by atoms with Crippen LogP contribution < -0.4 is 16.0 Å². The summed E-state index contributed by atoms with van der Waals surface area (Å²) in [6.07, 6.45) is 1.60. The number of aromatic carboxylic acids is 1. The van der Waals surface area contributed by atoms with Crippen molar-refractivity contribution in [1.82, 2.24) is 5.32 Å². The highest BCUT2D eigenvalue weighted by atomic mass is 35.5. The second-order valence-corrected chi connectivity index (χ2v) is 11.3. The van der Waals surface area contributed by atoms with Crippen molar-refractivity contribution >= 4 is 64.5 Å². The van der Waals surface area contributed by atoms with Crippen LogP contribution in [-0.4, -0.2) is 34.0 Å². The smallest absolute Gasteiger partial charge is 0.335 e. The van der Waals surface area contributed by atoms with Crippen LogP contribution in [0.25, 0.3) is 6.08 Å². The number of halogens is 1. The summed E-state index contributed by atoms with van der Waals surface area (Å²) < 4.78 is 0. The van der Waals surface area contributed by atoms with Gasteiger partial charge in [-0.25, -0.2) is 4.79 Å². The zero-order chi connectivity index (χ0) is 30.9. The number of benzene rings is 4. The van der Waals surface area contributed by atoms with Crippen LogP contribution in [0.2, 0.25) is 5.02 Å². The van der Waals surface area contributed by atoms with E-state index in [-0.39, 0.29) is 27.9 Å². The fourth-order valence-electron chi connectivity index (χ4n) is 3.86. The number of carboxylic acids is 1. The maximum Gasteiger partial charge on any atom is 0.335 e. The maximum absolute atomic E-state index is 13.4. The van der Waals surface area contributed by atoms with Crippen molar-refractivity contribution in [3.63, 3.8) is 0 Å². The Morgan fingerprint density at radius 1 is 0.837 bits per heavy atom. The van der Waals surface area contributed by atoms with Crippen LogP contribution in [-0.2, 0) is 9.59 Å². The number of hydrogen-bond donors (Lipinski definition) is 4. The molecular weight excluding hydrogens is 586 g/mol. The minimum absolute atomic E-state index is 0.000737. The molecule has 4 N–H and O–H groups in total. The molecule has 0 spiro atoms. The Labute approximate surface area is 258 Å². The Morgan fingerprint density at radius 3 is 2.26 bits per heavy atom. The second-order valence-electron chi connectivity index (χ2n) is 9.52. The van der Waals surface area contributed by atoms with Gasteiger partial charge in [0.15, 0.2) is 0 Å². The van der Waals surface area contributed by atoms with Gasteiger partial charge < -0.3 is 21.1 Å². The van der Waals surface area contributed by atoms with Crippen molar-refractivity contribution in [1.29, 1.82) is 0 Å². The van der Waals surface area contributed by atoms with E-state index in [1.165, 1.54) is 30.0 Å². The number of amides is 3. The van der Waals surface area contributed by atoms with Crippen molar-refractivity contribution in [2.45, 2.75) is 24.0 Å². The van der Waals surface area contributed by atoms with E-state index < -0.39 is 23.0 Å². The van der Waals surface area contributed by atoms with Gasteiger partial charge in [-0.1, -0.05) is 65.7 Å². The summed E-state index contributed by atoms with van der Waals surface area (Å²) in [7, 11) is 0. The van der Waals surface area contributed by atoms with Crippen LogP contribution in [0.5, 0.6) is 0 Å². The first-order valence-electron chi connectivity index (χ1n) is 13.2. The molecule has 10 heteroatoms. The number of carboxylic acid groups (broad SMARTS) is 1. The summed E-state index contributed by atoms with van der Waals surface area (Å²) in [6.45, 7) is 3.65. The van der Waals surface area contributed by atoms with Gasteiger partial charge in [0, 0.05) is 16.1 Å². The van der Waals surface area contributed by atoms with Gasteiger partial charge in [-0.05, 0) is 74.0 Å². The molecule has 0 heterocycles. The highest BCUT2D eigenvalue weighted by Crippen LogP contribution is 2.29. The van der Waals surface area contributed by atoms with E-state index in [2.05, 4.69) is 16.0 Å². The van der Waals surface area contributed by atoms with Crippen molar-refractivity contribution in [3.05, 3.63) is 130 Å². The molecule has 0 radical (unpaired) electrons. The summed E-state index contributed by atoms with van der Waals surface area (Å²) in [5, 5.41) is 17.1. The lowest BCUT2D eigenvalue weighted by Gasteiger charge is -2.15. The summed E-state index contributed by atoms with van der Waals surface area (Å²) in [5.74, 6) is -2.46. The number of anilines is 2. The van der Waals surface area contributed by atoms with E-state index in [9.17, 15) is 24.3 Å². The average molecular weight is 614 g/mol. The van der Waals surface area contributed by atoms with Gasteiger partial charge in [0.05, 0.1) is 21.5 Å². The number of carbonyl (C=O) groups excluding carboxylic acids is 3. The molecule has 4 aromatic carbocycles. The minimum atomic E-state index is -1.13. The highest BCUT2D eigenvalue weighted by Gasteiger charge is 2.19. The molecule has 0 aromatic heterocycles. The number of thioether (sulfide) groups is 1. The normalized spacial score (nSPS) is 11.7. The Bertz CT molecular complexity index is 1690. The van der Waals surface area contributed by atoms with Gasteiger partial charge >= 0.3 is 5.97 Å². The van der Waals surface area contributed by atoms with E-state index in [1.54, 1.807) is 67.6 Å². The van der Waals surface area contributed by atoms with Crippen LogP contribution in [0.15, 0.2) is 108 Å². The fraction of sp³-hybridized carbons (Fsp3) is 0.0909. The lowest BCUT2D eigenvalue weighted by molar-refractivity contribution is -0.115. The van der Waals surface area contributed by atoms with Crippen LogP contribution in [0.1, 0.15) is 38.8 Å². The van der Waals surface area contributed by atoms with Gasteiger partial charge in [-0.15, -0.1) is 11.8 Å². The first kappa shape index (κ1) is 31.1. The third-order valence-electron chi connectivity index (χ3n) is 6.16. The molecule has 1 unspecified atom stereocenters. The van der Waals surface area contributed by atoms with Gasteiger partial charge in [-0.3, -0.25) is 14.4 Å². The topological polar surface area (TPSA) is 125 Å². The predicted molar refractivity (Wildman–Crippen MR) is 170 cm³/mol. The average Bonchev–Trinajstić information content (AvgIpc) is 2.99. The monoisotopic (exact) mass is 613 g/mol. The Balaban J connectivity index is 1.48. The molecule has 0 aliphatic rings. The van der Waals surface area contributed by atoms with Crippen LogP contribution in [0, 0.1) is 6.92 Å². The zero-order valence-electron chi connectivity index (χ0n) is 23.3. The quantitative estimate of drug-likeness (QED) is 0.114. The molecule has 8 nitrogen and oxygen atoms in total.